The zero-order valence-electron chi connectivity index (χ0n) is 10.8. The second-order valence-corrected chi connectivity index (χ2v) is 4.56. The van der Waals surface area contributed by atoms with E-state index in [1.165, 1.54) is 0 Å². The van der Waals surface area contributed by atoms with Crippen molar-refractivity contribution < 1.29 is 46.0 Å². The molecule has 1 aromatic carbocycles. The monoisotopic (exact) mass is 306 g/mol. The number of benzene rings is 1. The van der Waals surface area contributed by atoms with Gasteiger partial charge in [-0.05, 0) is 0 Å². The number of rotatable bonds is 6. The highest BCUT2D eigenvalue weighted by atomic mass is 16.4. The molecule has 0 aliphatic heterocycles. The third kappa shape index (κ3) is 3.73. The van der Waals surface area contributed by atoms with Crippen molar-refractivity contribution in [2.75, 3.05) is 6.61 Å². The Hall–Kier alpha value is -1.62. The van der Waals surface area contributed by atoms with Gasteiger partial charge in [0.05, 0.1) is 12.2 Å². The second-order valence-electron chi connectivity index (χ2n) is 4.56. The molecule has 0 fully saturated rings. The SMILES string of the molecule is OC[C@@H](O)[C@@H](O)[C@H](O)[C@@H](O)C(O)c1c(O)cc(O)cc1O. The van der Waals surface area contributed by atoms with E-state index in [2.05, 4.69) is 0 Å². The molecule has 0 spiro atoms. The van der Waals surface area contributed by atoms with Crippen LogP contribution < -0.4 is 0 Å². The largest absolute Gasteiger partial charge is 0.508 e. The normalized spacial score (nSPS) is 18.8. The summed E-state index contributed by atoms with van der Waals surface area (Å²) in [6.45, 7) is -0.892. The van der Waals surface area contributed by atoms with Crippen LogP contribution in [0.15, 0.2) is 12.1 Å². The summed E-state index contributed by atoms with van der Waals surface area (Å²) in [5, 5.41) is 84.6. The van der Waals surface area contributed by atoms with Crippen molar-refractivity contribution in [3.05, 3.63) is 17.7 Å². The molecule has 0 saturated heterocycles. The molecular formula is C12H18O9. The maximum absolute atomic E-state index is 9.85. The molecule has 1 unspecified atom stereocenters. The fraction of sp³-hybridized carbons (Fsp3) is 0.500. The van der Waals surface area contributed by atoms with Crippen LogP contribution in [0.2, 0.25) is 0 Å². The molecular weight excluding hydrogens is 288 g/mol. The Labute approximate surface area is 119 Å². The Balaban J connectivity index is 3.00. The summed E-state index contributed by atoms with van der Waals surface area (Å²) in [4.78, 5) is 0. The molecule has 0 aliphatic rings. The van der Waals surface area contributed by atoms with Gasteiger partial charge in [-0.3, -0.25) is 0 Å². The molecule has 0 radical (unpaired) electrons. The summed E-state index contributed by atoms with van der Waals surface area (Å²) in [7, 11) is 0. The Bertz CT molecular complexity index is 455. The predicted octanol–water partition coefficient (Wildman–Crippen LogP) is -2.73. The van der Waals surface area contributed by atoms with E-state index in [1.807, 2.05) is 0 Å². The third-order valence-corrected chi connectivity index (χ3v) is 3.02. The van der Waals surface area contributed by atoms with Gasteiger partial charge in [-0.25, -0.2) is 0 Å². The Kier molecular flexibility index (Phi) is 5.72. The summed E-state index contributed by atoms with van der Waals surface area (Å²) in [5.74, 6) is -1.99. The molecule has 120 valence electrons. The van der Waals surface area contributed by atoms with Gasteiger partial charge < -0.3 is 46.0 Å². The van der Waals surface area contributed by atoms with E-state index in [1.54, 1.807) is 0 Å². The molecule has 9 heteroatoms. The first-order valence-corrected chi connectivity index (χ1v) is 5.96. The van der Waals surface area contributed by atoms with Gasteiger partial charge in [0.15, 0.2) is 0 Å². The zero-order chi connectivity index (χ0) is 16.3. The van der Waals surface area contributed by atoms with Gasteiger partial charge in [-0.1, -0.05) is 0 Å². The number of phenolic OH excluding ortho intramolecular Hbond substituents is 3. The highest BCUT2D eigenvalue weighted by Crippen LogP contribution is 2.38. The van der Waals surface area contributed by atoms with Gasteiger partial charge in [0.1, 0.15) is 47.8 Å². The molecule has 9 nitrogen and oxygen atoms in total. The lowest BCUT2D eigenvalue weighted by molar-refractivity contribution is -0.141. The van der Waals surface area contributed by atoms with E-state index in [0.717, 1.165) is 12.1 Å². The number of aliphatic hydroxyl groups is 6. The number of phenols is 3. The average molecular weight is 306 g/mol. The van der Waals surface area contributed by atoms with Crippen molar-refractivity contribution in [3.8, 4) is 17.2 Å². The third-order valence-electron chi connectivity index (χ3n) is 3.02. The van der Waals surface area contributed by atoms with E-state index in [4.69, 9.17) is 15.3 Å². The van der Waals surface area contributed by atoms with Gasteiger partial charge in [-0.15, -0.1) is 0 Å². The van der Waals surface area contributed by atoms with Crippen molar-refractivity contribution in [1.82, 2.24) is 0 Å². The van der Waals surface area contributed by atoms with Crippen molar-refractivity contribution in [1.29, 1.82) is 0 Å². The van der Waals surface area contributed by atoms with Crippen LogP contribution in [-0.4, -0.2) is 77.0 Å². The minimum atomic E-state index is -2.09. The number of aromatic hydroxyl groups is 3. The zero-order valence-corrected chi connectivity index (χ0v) is 10.8. The number of hydrogen-bond donors (Lipinski definition) is 9. The molecule has 5 atom stereocenters. The number of hydrogen-bond acceptors (Lipinski definition) is 9. The molecule has 1 rings (SSSR count). The lowest BCUT2D eigenvalue weighted by Gasteiger charge is -2.29. The summed E-state index contributed by atoms with van der Waals surface area (Å²) < 4.78 is 0. The van der Waals surface area contributed by atoms with Crippen LogP contribution in [0.5, 0.6) is 17.2 Å². The molecule has 1 aromatic rings. The molecule has 0 aliphatic carbocycles. The van der Waals surface area contributed by atoms with Gasteiger partial charge in [0.2, 0.25) is 0 Å². The number of aliphatic hydroxyl groups excluding tert-OH is 6. The molecule has 0 heterocycles. The van der Waals surface area contributed by atoms with Crippen LogP contribution in [0.3, 0.4) is 0 Å². The van der Waals surface area contributed by atoms with E-state index < -0.39 is 59.9 Å². The fourth-order valence-electron chi connectivity index (χ4n) is 1.81. The van der Waals surface area contributed by atoms with Crippen molar-refractivity contribution in [2.24, 2.45) is 0 Å². The lowest BCUT2D eigenvalue weighted by Crippen LogP contribution is -2.47. The van der Waals surface area contributed by atoms with Crippen LogP contribution in [0, 0.1) is 0 Å². The van der Waals surface area contributed by atoms with Crippen LogP contribution in [-0.2, 0) is 0 Å². The average Bonchev–Trinajstić information content (AvgIpc) is 2.42. The van der Waals surface area contributed by atoms with Crippen molar-refractivity contribution in [3.63, 3.8) is 0 Å². The fourth-order valence-corrected chi connectivity index (χ4v) is 1.81. The predicted molar refractivity (Wildman–Crippen MR) is 67.5 cm³/mol. The maximum atomic E-state index is 9.85. The summed E-state index contributed by atoms with van der Waals surface area (Å²) in [6, 6.07) is 1.58. The van der Waals surface area contributed by atoms with E-state index in [9.17, 15) is 30.6 Å². The molecule has 9 N–H and O–H groups in total. The standard InChI is InChI=1S/C12H18O9/c13-3-7(17)9(18)11(20)12(21)10(19)8-5(15)1-4(14)2-6(8)16/h1-2,7,9-21H,3H2/t7-,9-,10?,11+,12+/m1/s1. The molecule has 0 amide bonds. The van der Waals surface area contributed by atoms with Gasteiger partial charge >= 0.3 is 0 Å². The minimum absolute atomic E-state index is 0.494. The Morgan fingerprint density at radius 2 is 1.24 bits per heavy atom. The van der Waals surface area contributed by atoms with E-state index in [-0.39, 0.29) is 0 Å². The molecule has 0 aromatic heterocycles. The summed E-state index contributed by atoms with van der Waals surface area (Å²) >= 11 is 0. The van der Waals surface area contributed by atoms with Crippen LogP contribution in [0.1, 0.15) is 11.7 Å². The highest BCUT2D eigenvalue weighted by molar-refractivity contribution is 5.50. The van der Waals surface area contributed by atoms with Crippen LogP contribution >= 0.6 is 0 Å². The molecule has 0 bridgehead atoms. The van der Waals surface area contributed by atoms with Crippen molar-refractivity contribution >= 4 is 0 Å². The quantitative estimate of drug-likeness (QED) is 0.269. The molecule has 0 saturated carbocycles. The first-order valence-electron chi connectivity index (χ1n) is 5.96. The van der Waals surface area contributed by atoms with Crippen molar-refractivity contribution in [2.45, 2.75) is 30.5 Å². The maximum Gasteiger partial charge on any atom is 0.128 e. The second kappa shape index (κ2) is 6.89. The minimum Gasteiger partial charge on any atom is -0.508 e. The van der Waals surface area contributed by atoms with E-state index >= 15 is 0 Å². The summed E-state index contributed by atoms with van der Waals surface area (Å²) in [5.41, 5.74) is -0.579. The van der Waals surface area contributed by atoms with Gasteiger partial charge in [-0.2, -0.15) is 0 Å². The first-order chi connectivity index (χ1) is 9.70. The smallest absolute Gasteiger partial charge is 0.128 e. The molecule has 21 heavy (non-hydrogen) atoms. The van der Waals surface area contributed by atoms with Gasteiger partial charge in [0.25, 0.3) is 0 Å². The topological polar surface area (TPSA) is 182 Å². The van der Waals surface area contributed by atoms with Crippen LogP contribution in [0.25, 0.3) is 0 Å². The lowest BCUT2D eigenvalue weighted by atomic mass is 9.94. The highest BCUT2D eigenvalue weighted by Gasteiger charge is 2.36. The van der Waals surface area contributed by atoms with E-state index in [0.29, 0.717) is 0 Å². The van der Waals surface area contributed by atoms with Gasteiger partial charge in [0, 0.05) is 12.1 Å². The van der Waals surface area contributed by atoms with Crippen LogP contribution in [0.4, 0.5) is 0 Å². The Morgan fingerprint density at radius 3 is 1.67 bits per heavy atom. The Morgan fingerprint density at radius 1 is 0.762 bits per heavy atom. The summed E-state index contributed by atoms with van der Waals surface area (Å²) in [6.07, 6.45) is -9.93. The first kappa shape index (κ1) is 17.4.